The van der Waals surface area contributed by atoms with Gasteiger partial charge in [-0.05, 0) is 49.9 Å². The lowest BCUT2D eigenvalue weighted by Crippen LogP contribution is -2.38. The monoisotopic (exact) mass is 249 g/mol. The predicted molar refractivity (Wildman–Crippen MR) is 69.0 cm³/mol. The van der Waals surface area contributed by atoms with Gasteiger partial charge in [0.2, 0.25) is 6.10 Å². The highest BCUT2D eigenvalue weighted by Gasteiger charge is 2.25. The maximum absolute atomic E-state index is 11.1. The Bertz CT molecular complexity index is 420. The van der Waals surface area contributed by atoms with Crippen LogP contribution in [-0.2, 0) is 4.79 Å². The number of carboxylic acid groups (broad SMARTS) is 1. The third-order valence-corrected chi connectivity index (χ3v) is 2.92. The first-order chi connectivity index (χ1) is 8.54. The van der Waals surface area contributed by atoms with Crippen molar-refractivity contribution in [3.05, 3.63) is 29.3 Å². The molecule has 1 aromatic rings. The van der Waals surface area contributed by atoms with Crippen LogP contribution in [0.5, 0.6) is 5.75 Å². The van der Waals surface area contributed by atoms with E-state index in [0.29, 0.717) is 18.3 Å². The van der Waals surface area contributed by atoms with Crippen molar-refractivity contribution < 1.29 is 14.6 Å². The van der Waals surface area contributed by atoms with Gasteiger partial charge in [-0.3, -0.25) is 0 Å². The number of nitrogens with one attached hydrogen (secondary N) is 1. The molecule has 0 heterocycles. The molecule has 2 rings (SSSR count). The van der Waals surface area contributed by atoms with Crippen LogP contribution in [0, 0.1) is 13.8 Å². The molecule has 0 radical (unpaired) electrons. The van der Waals surface area contributed by atoms with Crippen LogP contribution in [0.4, 0.5) is 0 Å². The quantitative estimate of drug-likeness (QED) is 0.808. The minimum absolute atomic E-state index is 0.354. The second kappa shape index (κ2) is 5.40. The normalized spacial score (nSPS) is 16.3. The second-order valence-corrected chi connectivity index (χ2v) is 4.95. The first-order valence-electron chi connectivity index (χ1n) is 6.26. The number of carbonyl (C=O) groups is 1. The van der Waals surface area contributed by atoms with Crippen LogP contribution < -0.4 is 10.1 Å². The number of aliphatic carboxylic acids is 1. The van der Waals surface area contributed by atoms with E-state index >= 15 is 0 Å². The molecule has 0 spiro atoms. The zero-order chi connectivity index (χ0) is 13.1. The second-order valence-electron chi connectivity index (χ2n) is 4.95. The van der Waals surface area contributed by atoms with Gasteiger partial charge in [-0.2, -0.15) is 0 Å². The average molecular weight is 249 g/mol. The van der Waals surface area contributed by atoms with Gasteiger partial charge in [-0.15, -0.1) is 0 Å². The van der Waals surface area contributed by atoms with Crippen molar-refractivity contribution in [3.63, 3.8) is 0 Å². The highest BCUT2D eigenvalue weighted by molar-refractivity contribution is 5.73. The Morgan fingerprint density at radius 2 is 2.00 bits per heavy atom. The Labute approximate surface area is 107 Å². The molecular formula is C14H19NO3. The molecule has 98 valence electrons. The molecule has 1 aliphatic carbocycles. The summed E-state index contributed by atoms with van der Waals surface area (Å²) >= 11 is 0. The van der Waals surface area contributed by atoms with Gasteiger partial charge < -0.3 is 15.2 Å². The molecule has 1 fully saturated rings. The average Bonchev–Trinajstić information content (AvgIpc) is 3.06. The van der Waals surface area contributed by atoms with Crippen LogP contribution in [0.1, 0.15) is 24.0 Å². The maximum atomic E-state index is 11.1. The molecule has 0 aromatic heterocycles. The minimum atomic E-state index is -0.928. The van der Waals surface area contributed by atoms with Gasteiger partial charge >= 0.3 is 5.97 Å². The third kappa shape index (κ3) is 3.74. The molecule has 4 nitrogen and oxygen atoms in total. The smallest absolute Gasteiger partial charge is 0.346 e. The molecular weight excluding hydrogens is 230 g/mol. The zero-order valence-corrected chi connectivity index (χ0v) is 10.8. The Kier molecular flexibility index (Phi) is 3.87. The number of hydrogen-bond donors (Lipinski definition) is 2. The lowest BCUT2D eigenvalue weighted by Gasteiger charge is -2.16. The maximum Gasteiger partial charge on any atom is 0.346 e. The molecule has 18 heavy (non-hydrogen) atoms. The number of aryl methyl sites for hydroxylation is 2. The van der Waals surface area contributed by atoms with Gasteiger partial charge in [0.25, 0.3) is 0 Å². The fraction of sp³-hybridized carbons (Fsp3) is 0.500. The van der Waals surface area contributed by atoms with Crippen molar-refractivity contribution in [2.75, 3.05) is 6.54 Å². The fourth-order valence-corrected chi connectivity index (χ4v) is 1.91. The van der Waals surface area contributed by atoms with E-state index in [1.165, 1.54) is 0 Å². The molecule has 0 bridgehead atoms. The Hall–Kier alpha value is -1.55. The molecule has 1 atom stereocenters. The first-order valence-corrected chi connectivity index (χ1v) is 6.26. The molecule has 1 saturated carbocycles. The highest BCUT2D eigenvalue weighted by atomic mass is 16.5. The molecule has 4 heteroatoms. The molecule has 1 aromatic carbocycles. The van der Waals surface area contributed by atoms with Gasteiger partial charge in [0.1, 0.15) is 5.75 Å². The standard InChI is InChI=1S/C14H19NO3/c1-9-5-10(2)7-12(6-9)18-13(14(16)17)8-15-11-3-4-11/h5-7,11,13,15H,3-4,8H2,1-2H3,(H,16,17). The summed E-state index contributed by atoms with van der Waals surface area (Å²) in [6, 6.07) is 6.24. The van der Waals surface area contributed by atoms with E-state index in [1.54, 1.807) is 0 Å². The largest absolute Gasteiger partial charge is 0.478 e. The summed E-state index contributed by atoms with van der Waals surface area (Å²) in [6.07, 6.45) is 1.44. The summed E-state index contributed by atoms with van der Waals surface area (Å²) < 4.78 is 5.55. The summed E-state index contributed by atoms with van der Waals surface area (Å²) in [5.74, 6) is -0.306. The van der Waals surface area contributed by atoms with Crippen molar-refractivity contribution >= 4 is 5.97 Å². The lowest BCUT2D eigenvalue weighted by molar-refractivity contribution is -0.144. The van der Waals surface area contributed by atoms with E-state index in [4.69, 9.17) is 9.84 Å². The van der Waals surface area contributed by atoms with Crippen LogP contribution >= 0.6 is 0 Å². The van der Waals surface area contributed by atoms with Crippen LogP contribution in [0.25, 0.3) is 0 Å². The Morgan fingerprint density at radius 3 is 2.50 bits per heavy atom. The molecule has 1 aliphatic rings. The van der Waals surface area contributed by atoms with E-state index in [2.05, 4.69) is 5.32 Å². The molecule has 0 saturated heterocycles. The molecule has 1 unspecified atom stereocenters. The summed E-state index contributed by atoms with van der Waals surface area (Å²) in [5, 5.41) is 12.3. The lowest BCUT2D eigenvalue weighted by atomic mass is 10.1. The van der Waals surface area contributed by atoms with Crippen molar-refractivity contribution in [3.8, 4) is 5.75 Å². The van der Waals surface area contributed by atoms with Crippen LogP contribution in [-0.4, -0.2) is 29.8 Å². The van der Waals surface area contributed by atoms with E-state index in [0.717, 1.165) is 24.0 Å². The number of carboxylic acids is 1. The summed E-state index contributed by atoms with van der Waals surface area (Å²) in [6.45, 7) is 4.29. The third-order valence-electron chi connectivity index (χ3n) is 2.92. The predicted octanol–water partition coefficient (Wildman–Crippen LogP) is 1.89. The Balaban J connectivity index is 1.99. The summed E-state index contributed by atoms with van der Waals surface area (Å²) in [5.41, 5.74) is 2.15. The van der Waals surface area contributed by atoms with Gasteiger partial charge in [-0.25, -0.2) is 4.79 Å². The highest BCUT2D eigenvalue weighted by Crippen LogP contribution is 2.20. The van der Waals surface area contributed by atoms with Crippen molar-refractivity contribution in [2.24, 2.45) is 0 Å². The summed E-state index contributed by atoms with van der Waals surface area (Å²) in [7, 11) is 0. The van der Waals surface area contributed by atoms with Crippen molar-refractivity contribution in [1.82, 2.24) is 5.32 Å². The van der Waals surface area contributed by atoms with E-state index < -0.39 is 12.1 Å². The number of rotatable bonds is 6. The van der Waals surface area contributed by atoms with E-state index in [-0.39, 0.29) is 0 Å². The minimum Gasteiger partial charge on any atom is -0.478 e. The van der Waals surface area contributed by atoms with Crippen molar-refractivity contribution in [1.29, 1.82) is 0 Å². The van der Waals surface area contributed by atoms with Gasteiger partial charge in [-0.1, -0.05) is 6.07 Å². The fourth-order valence-electron chi connectivity index (χ4n) is 1.91. The Morgan fingerprint density at radius 1 is 1.39 bits per heavy atom. The SMILES string of the molecule is Cc1cc(C)cc(OC(CNC2CC2)C(=O)O)c1. The number of benzene rings is 1. The molecule has 2 N–H and O–H groups in total. The van der Waals surface area contributed by atoms with Crippen LogP contribution in [0.3, 0.4) is 0 Å². The zero-order valence-electron chi connectivity index (χ0n) is 10.8. The van der Waals surface area contributed by atoms with Crippen LogP contribution in [0.15, 0.2) is 18.2 Å². The summed E-state index contributed by atoms with van der Waals surface area (Å²) in [4.78, 5) is 11.1. The van der Waals surface area contributed by atoms with Gasteiger partial charge in [0, 0.05) is 12.6 Å². The van der Waals surface area contributed by atoms with E-state index in [1.807, 2.05) is 32.0 Å². The number of hydrogen-bond acceptors (Lipinski definition) is 3. The van der Waals surface area contributed by atoms with Crippen molar-refractivity contribution in [2.45, 2.75) is 38.8 Å². The molecule has 0 amide bonds. The van der Waals surface area contributed by atoms with Gasteiger partial charge in [0.15, 0.2) is 0 Å². The topological polar surface area (TPSA) is 58.6 Å². The number of ether oxygens (including phenoxy) is 1. The first kappa shape index (κ1) is 12.9. The van der Waals surface area contributed by atoms with Crippen LogP contribution in [0.2, 0.25) is 0 Å². The van der Waals surface area contributed by atoms with E-state index in [9.17, 15) is 4.79 Å². The molecule has 0 aliphatic heterocycles. The van der Waals surface area contributed by atoms with Gasteiger partial charge in [0.05, 0.1) is 0 Å².